The summed E-state index contributed by atoms with van der Waals surface area (Å²) in [6.45, 7) is 2.26. The van der Waals surface area contributed by atoms with Crippen molar-refractivity contribution in [3.8, 4) is 0 Å². The molecular formula is C20H37O2. The van der Waals surface area contributed by atoms with Crippen LogP contribution in [-0.4, -0.2) is 11.1 Å². The molecule has 1 N–H and O–H groups in total. The van der Waals surface area contributed by atoms with Gasteiger partial charge in [0.1, 0.15) is 0 Å². The van der Waals surface area contributed by atoms with Crippen LogP contribution in [-0.2, 0) is 4.79 Å². The normalized spacial score (nSPS) is 11.3. The van der Waals surface area contributed by atoms with E-state index in [4.69, 9.17) is 5.11 Å². The lowest BCUT2D eigenvalue weighted by atomic mass is 10.1. The van der Waals surface area contributed by atoms with Crippen molar-refractivity contribution in [2.24, 2.45) is 0 Å². The van der Waals surface area contributed by atoms with E-state index in [0.29, 0.717) is 0 Å². The number of hydrogen-bond acceptors (Lipinski definition) is 1. The van der Waals surface area contributed by atoms with E-state index in [-0.39, 0.29) is 0 Å². The number of carbonyl (C=O) groups is 1. The SMILES string of the molecule is CCCCCCCCC=CCCCCCCCC[CH]C(=O)O. The highest BCUT2D eigenvalue weighted by molar-refractivity contribution is 5.76. The molecule has 0 aromatic rings. The van der Waals surface area contributed by atoms with E-state index in [1.54, 1.807) is 0 Å². The molecule has 2 heteroatoms. The number of aliphatic carboxylic acids is 1. The molecule has 0 aliphatic heterocycles. The van der Waals surface area contributed by atoms with E-state index in [2.05, 4.69) is 19.1 Å². The van der Waals surface area contributed by atoms with Crippen LogP contribution in [0.25, 0.3) is 0 Å². The topological polar surface area (TPSA) is 37.3 Å². The third-order valence-electron chi connectivity index (χ3n) is 4.03. The van der Waals surface area contributed by atoms with E-state index >= 15 is 0 Å². The summed E-state index contributed by atoms with van der Waals surface area (Å²) in [7, 11) is 0. The number of carboxylic acid groups (broad SMARTS) is 1. The van der Waals surface area contributed by atoms with Crippen LogP contribution in [0.15, 0.2) is 12.2 Å². The maximum absolute atomic E-state index is 10.3. The monoisotopic (exact) mass is 309 g/mol. The Balaban J connectivity index is 3.06. The molecule has 0 fully saturated rings. The number of allylic oxidation sites excluding steroid dienone is 2. The number of unbranched alkanes of at least 4 members (excludes halogenated alkanes) is 13. The minimum Gasteiger partial charge on any atom is -0.481 e. The molecule has 0 aromatic carbocycles. The molecule has 0 spiro atoms. The van der Waals surface area contributed by atoms with E-state index in [1.165, 1.54) is 83.5 Å². The van der Waals surface area contributed by atoms with Crippen LogP contribution < -0.4 is 0 Å². The van der Waals surface area contributed by atoms with Gasteiger partial charge in [-0.25, -0.2) is 0 Å². The zero-order valence-electron chi connectivity index (χ0n) is 14.7. The van der Waals surface area contributed by atoms with Crippen molar-refractivity contribution in [1.29, 1.82) is 0 Å². The summed E-state index contributed by atoms with van der Waals surface area (Å²) in [5, 5.41) is 8.48. The van der Waals surface area contributed by atoms with Gasteiger partial charge in [-0.05, 0) is 32.1 Å². The van der Waals surface area contributed by atoms with Gasteiger partial charge in [0.15, 0.2) is 0 Å². The molecule has 0 aliphatic carbocycles. The Labute approximate surface area is 138 Å². The fourth-order valence-electron chi connectivity index (χ4n) is 2.62. The predicted octanol–water partition coefficient (Wildman–Crippen LogP) is 6.70. The predicted molar refractivity (Wildman–Crippen MR) is 96.0 cm³/mol. The summed E-state index contributed by atoms with van der Waals surface area (Å²) in [4.78, 5) is 10.3. The molecule has 0 amide bonds. The molecular weight excluding hydrogens is 272 g/mol. The molecule has 0 rings (SSSR count). The van der Waals surface area contributed by atoms with E-state index in [0.717, 1.165) is 19.3 Å². The van der Waals surface area contributed by atoms with E-state index in [9.17, 15) is 4.79 Å². The smallest absolute Gasteiger partial charge is 0.307 e. The molecule has 129 valence electrons. The quantitative estimate of drug-likeness (QED) is 0.240. The zero-order valence-corrected chi connectivity index (χ0v) is 14.7. The molecule has 0 bridgehead atoms. The highest BCUT2D eigenvalue weighted by Gasteiger charge is 1.96. The highest BCUT2D eigenvalue weighted by Crippen LogP contribution is 2.10. The first-order chi connectivity index (χ1) is 10.8. The van der Waals surface area contributed by atoms with Crippen molar-refractivity contribution in [3.63, 3.8) is 0 Å². The van der Waals surface area contributed by atoms with Crippen molar-refractivity contribution in [1.82, 2.24) is 0 Å². The van der Waals surface area contributed by atoms with Crippen LogP contribution in [0.4, 0.5) is 0 Å². The highest BCUT2D eigenvalue weighted by atomic mass is 16.4. The van der Waals surface area contributed by atoms with Crippen molar-refractivity contribution >= 4 is 5.97 Å². The standard InChI is InChI=1S/C20H37O2/c1-2-3-4-5-6-7-8-9-10-11-12-13-14-15-16-17-18-19-20(21)22/h9-10,19H,2-8,11-18H2,1H3,(H,21,22). The van der Waals surface area contributed by atoms with Gasteiger partial charge in [0.2, 0.25) is 0 Å². The summed E-state index contributed by atoms with van der Waals surface area (Å²) in [6.07, 6.45) is 24.9. The maximum atomic E-state index is 10.3. The summed E-state index contributed by atoms with van der Waals surface area (Å²) in [6, 6.07) is 0. The van der Waals surface area contributed by atoms with Gasteiger partial charge in [0, 0.05) is 0 Å². The van der Waals surface area contributed by atoms with Gasteiger partial charge in [-0.2, -0.15) is 0 Å². The second-order valence-electron chi connectivity index (χ2n) is 6.27. The van der Waals surface area contributed by atoms with Gasteiger partial charge in [-0.3, -0.25) is 4.79 Å². The Morgan fingerprint density at radius 1 is 0.682 bits per heavy atom. The van der Waals surface area contributed by atoms with Crippen LogP contribution in [0.1, 0.15) is 103 Å². The number of rotatable bonds is 17. The van der Waals surface area contributed by atoms with Crippen molar-refractivity contribution in [2.45, 2.75) is 103 Å². The lowest BCUT2D eigenvalue weighted by Gasteiger charge is -2.00. The Bertz CT molecular complexity index is 258. The molecule has 0 unspecified atom stereocenters. The summed E-state index contributed by atoms with van der Waals surface area (Å²) in [5.41, 5.74) is 0. The van der Waals surface area contributed by atoms with Gasteiger partial charge in [0.05, 0.1) is 6.42 Å². The minimum atomic E-state index is -0.784. The van der Waals surface area contributed by atoms with E-state index in [1.807, 2.05) is 0 Å². The Morgan fingerprint density at radius 3 is 1.55 bits per heavy atom. The second kappa shape index (κ2) is 18.3. The lowest BCUT2D eigenvalue weighted by molar-refractivity contribution is -0.133. The van der Waals surface area contributed by atoms with Gasteiger partial charge >= 0.3 is 5.97 Å². The molecule has 22 heavy (non-hydrogen) atoms. The van der Waals surface area contributed by atoms with Crippen LogP contribution >= 0.6 is 0 Å². The van der Waals surface area contributed by atoms with Crippen molar-refractivity contribution in [3.05, 3.63) is 18.6 Å². The first-order valence-corrected chi connectivity index (χ1v) is 9.48. The number of hydrogen-bond donors (Lipinski definition) is 1. The number of carboxylic acids is 1. The molecule has 1 radical (unpaired) electrons. The molecule has 0 aromatic heterocycles. The molecule has 0 saturated carbocycles. The third kappa shape index (κ3) is 19.2. The van der Waals surface area contributed by atoms with Crippen LogP contribution in [0, 0.1) is 6.42 Å². The molecule has 0 aliphatic rings. The van der Waals surface area contributed by atoms with Crippen LogP contribution in [0.2, 0.25) is 0 Å². The zero-order chi connectivity index (χ0) is 16.3. The van der Waals surface area contributed by atoms with Crippen LogP contribution in [0.3, 0.4) is 0 Å². The second-order valence-corrected chi connectivity index (χ2v) is 6.27. The summed E-state index contributed by atoms with van der Waals surface area (Å²) in [5.74, 6) is -0.784. The lowest BCUT2D eigenvalue weighted by Crippen LogP contribution is -1.94. The van der Waals surface area contributed by atoms with Gasteiger partial charge in [0.25, 0.3) is 0 Å². The van der Waals surface area contributed by atoms with Gasteiger partial charge in [-0.1, -0.05) is 83.3 Å². The fraction of sp³-hybridized carbons (Fsp3) is 0.800. The molecule has 0 saturated heterocycles. The Kier molecular flexibility index (Phi) is 17.6. The Morgan fingerprint density at radius 2 is 1.09 bits per heavy atom. The van der Waals surface area contributed by atoms with Crippen LogP contribution in [0.5, 0.6) is 0 Å². The maximum Gasteiger partial charge on any atom is 0.307 e. The molecule has 0 heterocycles. The van der Waals surface area contributed by atoms with Crippen molar-refractivity contribution < 1.29 is 9.90 Å². The first kappa shape index (κ1) is 21.2. The Hall–Kier alpha value is -0.790. The average Bonchev–Trinajstić information content (AvgIpc) is 2.50. The third-order valence-corrected chi connectivity index (χ3v) is 4.03. The van der Waals surface area contributed by atoms with Crippen molar-refractivity contribution in [2.75, 3.05) is 0 Å². The average molecular weight is 310 g/mol. The fourth-order valence-corrected chi connectivity index (χ4v) is 2.62. The molecule has 0 atom stereocenters. The van der Waals surface area contributed by atoms with Gasteiger partial charge in [-0.15, -0.1) is 0 Å². The largest absolute Gasteiger partial charge is 0.481 e. The molecule has 2 nitrogen and oxygen atoms in total. The summed E-state index contributed by atoms with van der Waals surface area (Å²) < 4.78 is 0. The first-order valence-electron chi connectivity index (χ1n) is 9.48. The summed E-state index contributed by atoms with van der Waals surface area (Å²) >= 11 is 0. The van der Waals surface area contributed by atoms with E-state index < -0.39 is 5.97 Å². The minimum absolute atomic E-state index is 0.719. The van der Waals surface area contributed by atoms with Gasteiger partial charge < -0.3 is 5.11 Å².